The standard InChI is InChI=1S/C13H13N3OS/c1-10-15-8-13(18-10)9-16-11-3-2-4-12(7-11)17-6-5-14/h2-4,7-8,16H,6,9H2,1H3. The summed E-state index contributed by atoms with van der Waals surface area (Å²) in [6, 6.07) is 9.52. The molecule has 0 aliphatic carbocycles. The van der Waals surface area contributed by atoms with Crippen LogP contribution < -0.4 is 10.1 Å². The summed E-state index contributed by atoms with van der Waals surface area (Å²) in [5, 5.41) is 12.8. The largest absolute Gasteiger partial charge is 0.479 e. The third-order valence-electron chi connectivity index (χ3n) is 2.27. The van der Waals surface area contributed by atoms with Gasteiger partial charge in [0.05, 0.1) is 11.6 Å². The number of aryl methyl sites for hydroxylation is 1. The Morgan fingerprint density at radius 3 is 3.11 bits per heavy atom. The van der Waals surface area contributed by atoms with Crippen molar-refractivity contribution < 1.29 is 4.74 Å². The number of anilines is 1. The van der Waals surface area contributed by atoms with Crippen LogP contribution in [-0.4, -0.2) is 11.6 Å². The van der Waals surface area contributed by atoms with Gasteiger partial charge < -0.3 is 10.1 Å². The van der Waals surface area contributed by atoms with Crippen molar-refractivity contribution in [2.45, 2.75) is 13.5 Å². The third kappa shape index (κ3) is 3.47. The lowest BCUT2D eigenvalue weighted by Crippen LogP contribution is -1.98. The quantitative estimate of drug-likeness (QED) is 0.896. The number of aromatic nitrogens is 1. The van der Waals surface area contributed by atoms with Gasteiger partial charge in [-0.2, -0.15) is 5.26 Å². The highest BCUT2D eigenvalue weighted by atomic mass is 32.1. The molecule has 0 bridgehead atoms. The fourth-order valence-corrected chi connectivity index (χ4v) is 2.22. The van der Waals surface area contributed by atoms with Crippen LogP contribution in [0.15, 0.2) is 30.5 Å². The van der Waals surface area contributed by atoms with Crippen molar-refractivity contribution in [3.63, 3.8) is 0 Å². The molecule has 1 aromatic heterocycles. The molecule has 92 valence electrons. The molecular formula is C13H13N3OS. The third-order valence-corrected chi connectivity index (χ3v) is 3.19. The normalized spacial score (nSPS) is 9.78. The summed E-state index contributed by atoms with van der Waals surface area (Å²) in [7, 11) is 0. The number of rotatable bonds is 5. The highest BCUT2D eigenvalue weighted by Gasteiger charge is 1.99. The summed E-state index contributed by atoms with van der Waals surface area (Å²) in [6.45, 7) is 2.80. The predicted molar refractivity (Wildman–Crippen MR) is 71.7 cm³/mol. The van der Waals surface area contributed by atoms with Crippen LogP contribution in [-0.2, 0) is 6.54 Å². The summed E-state index contributed by atoms with van der Waals surface area (Å²) >= 11 is 1.68. The zero-order valence-electron chi connectivity index (χ0n) is 10.0. The highest BCUT2D eigenvalue weighted by molar-refractivity contribution is 7.11. The number of nitrogens with one attached hydrogen (secondary N) is 1. The van der Waals surface area contributed by atoms with E-state index in [1.54, 1.807) is 11.3 Å². The SMILES string of the molecule is Cc1ncc(CNc2cccc(OCC#N)c2)s1. The summed E-state index contributed by atoms with van der Waals surface area (Å²) in [5.74, 6) is 0.696. The molecule has 0 radical (unpaired) electrons. The van der Waals surface area contributed by atoms with Gasteiger partial charge in [0.2, 0.25) is 0 Å². The molecule has 0 aliphatic rings. The number of hydrogen-bond donors (Lipinski definition) is 1. The van der Waals surface area contributed by atoms with Gasteiger partial charge in [-0.15, -0.1) is 11.3 Å². The monoisotopic (exact) mass is 259 g/mol. The molecule has 0 aliphatic heterocycles. The molecule has 0 fully saturated rings. The van der Waals surface area contributed by atoms with Crippen LogP contribution >= 0.6 is 11.3 Å². The Balaban J connectivity index is 1.95. The molecule has 0 amide bonds. The summed E-state index contributed by atoms with van der Waals surface area (Å²) in [5.41, 5.74) is 0.969. The number of nitrogens with zero attached hydrogens (tertiary/aromatic N) is 2. The van der Waals surface area contributed by atoms with E-state index >= 15 is 0 Å². The number of hydrogen-bond acceptors (Lipinski definition) is 5. The Bertz CT molecular complexity index is 559. The lowest BCUT2D eigenvalue weighted by molar-refractivity contribution is 0.368. The molecule has 0 saturated carbocycles. The average molecular weight is 259 g/mol. The molecule has 5 heteroatoms. The van der Waals surface area contributed by atoms with Gasteiger partial charge >= 0.3 is 0 Å². The molecule has 4 nitrogen and oxygen atoms in total. The van der Waals surface area contributed by atoms with E-state index in [0.717, 1.165) is 17.2 Å². The Hall–Kier alpha value is -2.06. The van der Waals surface area contributed by atoms with E-state index in [-0.39, 0.29) is 6.61 Å². The van der Waals surface area contributed by atoms with Gasteiger partial charge in [0.25, 0.3) is 0 Å². The summed E-state index contributed by atoms with van der Waals surface area (Å²) in [4.78, 5) is 5.40. The first-order valence-corrected chi connectivity index (χ1v) is 6.34. The maximum absolute atomic E-state index is 8.46. The second-order valence-corrected chi connectivity index (χ2v) is 4.99. The Labute approximate surface area is 110 Å². The van der Waals surface area contributed by atoms with Gasteiger partial charge in [-0.25, -0.2) is 4.98 Å². The van der Waals surface area contributed by atoms with Crippen LogP contribution in [0.5, 0.6) is 5.75 Å². The molecule has 1 N–H and O–H groups in total. The minimum absolute atomic E-state index is 0.0670. The van der Waals surface area contributed by atoms with Crippen LogP contribution in [0.3, 0.4) is 0 Å². The van der Waals surface area contributed by atoms with Crippen LogP contribution in [0.25, 0.3) is 0 Å². The van der Waals surface area contributed by atoms with E-state index in [1.165, 1.54) is 4.88 Å². The first-order valence-electron chi connectivity index (χ1n) is 5.53. The Kier molecular flexibility index (Phi) is 4.15. The van der Waals surface area contributed by atoms with E-state index in [2.05, 4.69) is 10.3 Å². The van der Waals surface area contributed by atoms with Crippen LogP contribution in [0.4, 0.5) is 5.69 Å². The summed E-state index contributed by atoms with van der Waals surface area (Å²) < 4.78 is 5.24. The van der Waals surface area contributed by atoms with E-state index in [9.17, 15) is 0 Å². The number of nitriles is 1. The maximum atomic E-state index is 8.46. The number of benzene rings is 1. The molecule has 2 rings (SSSR count). The fourth-order valence-electron chi connectivity index (χ4n) is 1.49. The first kappa shape index (κ1) is 12.4. The molecule has 1 heterocycles. The molecule has 0 spiro atoms. The van der Waals surface area contributed by atoms with Crippen molar-refractivity contribution in [3.8, 4) is 11.8 Å². The number of thiazole rings is 1. The molecule has 1 aromatic carbocycles. The van der Waals surface area contributed by atoms with E-state index in [1.807, 2.05) is 43.5 Å². The van der Waals surface area contributed by atoms with E-state index < -0.39 is 0 Å². The van der Waals surface area contributed by atoms with Crippen molar-refractivity contribution in [3.05, 3.63) is 40.3 Å². The molecule has 0 atom stereocenters. The zero-order valence-corrected chi connectivity index (χ0v) is 10.8. The smallest absolute Gasteiger partial charge is 0.174 e. The lowest BCUT2D eigenvalue weighted by Gasteiger charge is -2.07. The van der Waals surface area contributed by atoms with Gasteiger partial charge in [0.15, 0.2) is 6.61 Å². The Morgan fingerprint density at radius 1 is 1.50 bits per heavy atom. The van der Waals surface area contributed by atoms with E-state index in [4.69, 9.17) is 10.00 Å². The van der Waals surface area contributed by atoms with Crippen molar-refractivity contribution in [2.75, 3.05) is 11.9 Å². The predicted octanol–water partition coefficient (Wildman–Crippen LogP) is 2.97. The van der Waals surface area contributed by atoms with Crippen molar-refractivity contribution in [1.29, 1.82) is 5.26 Å². The maximum Gasteiger partial charge on any atom is 0.174 e. The average Bonchev–Trinajstić information content (AvgIpc) is 2.80. The van der Waals surface area contributed by atoms with Gasteiger partial charge in [0.1, 0.15) is 11.8 Å². The molecule has 0 saturated heterocycles. The number of ether oxygens (including phenoxy) is 1. The zero-order chi connectivity index (χ0) is 12.8. The van der Waals surface area contributed by atoms with Crippen molar-refractivity contribution >= 4 is 17.0 Å². The van der Waals surface area contributed by atoms with E-state index in [0.29, 0.717) is 5.75 Å². The van der Waals surface area contributed by atoms with Gasteiger partial charge in [-0.1, -0.05) is 6.07 Å². The topological polar surface area (TPSA) is 57.9 Å². The second-order valence-electron chi connectivity index (χ2n) is 3.67. The Morgan fingerprint density at radius 2 is 2.39 bits per heavy atom. The van der Waals surface area contributed by atoms with Crippen LogP contribution in [0.1, 0.15) is 9.88 Å². The molecule has 2 aromatic rings. The molecular weight excluding hydrogens is 246 g/mol. The first-order chi connectivity index (χ1) is 8.78. The minimum Gasteiger partial charge on any atom is -0.479 e. The summed E-state index contributed by atoms with van der Waals surface area (Å²) in [6.07, 6.45) is 1.88. The van der Waals surface area contributed by atoms with Gasteiger partial charge in [0, 0.05) is 22.8 Å². The van der Waals surface area contributed by atoms with Gasteiger partial charge in [-0.3, -0.25) is 0 Å². The van der Waals surface area contributed by atoms with Crippen LogP contribution in [0.2, 0.25) is 0 Å². The minimum atomic E-state index is 0.0670. The van der Waals surface area contributed by atoms with Crippen LogP contribution in [0, 0.1) is 18.3 Å². The lowest BCUT2D eigenvalue weighted by atomic mass is 10.3. The highest BCUT2D eigenvalue weighted by Crippen LogP contribution is 2.19. The van der Waals surface area contributed by atoms with Gasteiger partial charge in [-0.05, 0) is 19.1 Å². The second kappa shape index (κ2) is 6.03. The molecule has 0 unspecified atom stereocenters. The fraction of sp³-hybridized carbons (Fsp3) is 0.231. The van der Waals surface area contributed by atoms with Crippen molar-refractivity contribution in [1.82, 2.24) is 4.98 Å². The molecule has 18 heavy (non-hydrogen) atoms. The van der Waals surface area contributed by atoms with Crippen molar-refractivity contribution in [2.24, 2.45) is 0 Å².